The summed E-state index contributed by atoms with van der Waals surface area (Å²) in [6, 6.07) is 19.0. The number of aryl methyl sites for hydroxylation is 1. The second kappa shape index (κ2) is 7.83. The van der Waals surface area contributed by atoms with Crippen molar-refractivity contribution in [2.75, 3.05) is 20.2 Å². The number of benzene rings is 2. The summed E-state index contributed by atoms with van der Waals surface area (Å²) in [6.45, 7) is 5.47. The van der Waals surface area contributed by atoms with Crippen LogP contribution in [-0.4, -0.2) is 25.1 Å². The molecule has 2 nitrogen and oxygen atoms in total. The van der Waals surface area contributed by atoms with Crippen molar-refractivity contribution >= 4 is 0 Å². The van der Waals surface area contributed by atoms with Gasteiger partial charge in [0, 0.05) is 13.1 Å². The molecule has 0 aliphatic carbocycles. The Labute approximate surface area is 122 Å². The standard InChI is InChI=1S/C18H23NO/c1-16-8-10-18(11-9-16)15-20-13-12-19(2)14-17-6-4-3-5-7-17/h3-11H,12-15H2,1-2H3. The van der Waals surface area contributed by atoms with Gasteiger partial charge in [-0.1, -0.05) is 60.2 Å². The molecule has 2 heteroatoms. The fourth-order valence-corrected chi connectivity index (χ4v) is 2.07. The number of rotatable bonds is 7. The molecule has 0 saturated heterocycles. The Morgan fingerprint density at radius 1 is 0.900 bits per heavy atom. The minimum absolute atomic E-state index is 0.694. The molecule has 0 saturated carbocycles. The Kier molecular flexibility index (Phi) is 5.78. The molecule has 2 aromatic rings. The van der Waals surface area contributed by atoms with E-state index in [0.29, 0.717) is 6.61 Å². The third-order valence-corrected chi connectivity index (χ3v) is 3.30. The van der Waals surface area contributed by atoms with Gasteiger partial charge in [-0.2, -0.15) is 0 Å². The summed E-state index contributed by atoms with van der Waals surface area (Å²) < 4.78 is 5.73. The van der Waals surface area contributed by atoms with Gasteiger partial charge in [-0.05, 0) is 25.1 Å². The zero-order valence-corrected chi connectivity index (χ0v) is 12.4. The van der Waals surface area contributed by atoms with Gasteiger partial charge in [0.25, 0.3) is 0 Å². The first kappa shape index (κ1) is 14.8. The Morgan fingerprint density at radius 2 is 1.60 bits per heavy atom. The van der Waals surface area contributed by atoms with Gasteiger partial charge in [0.2, 0.25) is 0 Å². The quantitative estimate of drug-likeness (QED) is 0.711. The van der Waals surface area contributed by atoms with Crippen molar-refractivity contribution in [1.29, 1.82) is 0 Å². The van der Waals surface area contributed by atoms with E-state index in [-0.39, 0.29) is 0 Å². The molecular formula is C18H23NO. The molecule has 0 radical (unpaired) electrons. The summed E-state index contributed by atoms with van der Waals surface area (Å²) in [5.41, 5.74) is 3.87. The molecule has 20 heavy (non-hydrogen) atoms. The van der Waals surface area contributed by atoms with Crippen LogP contribution in [0.3, 0.4) is 0 Å². The van der Waals surface area contributed by atoms with Crippen LogP contribution in [0.2, 0.25) is 0 Å². The average Bonchev–Trinajstić information content (AvgIpc) is 2.46. The SMILES string of the molecule is Cc1ccc(COCCN(C)Cc2ccccc2)cc1. The Hall–Kier alpha value is -1.64. The van der Waals surface area contributed by atoms with Crippen molar-refractivity contribution in [3.8, 4) is 0 Å². The van der Waals surface area contributed by atoms with Crippen molar-refractivity contribution in [2.45, 2.75) is 20.1 Å². The molecule has 0 aromatic heterocycles. The number of nitrogens with zero attached hydrogens (tertiary/aromatic N) is 1. The van der Waals surface area contributed by atoms with Crippen LogP contribution in [0.1, 0.15) is 16.7 Å². The van der Waals surface area contributed by atoms with Gasteiger partial charge in [-0.3, -0.25) is 4.90 Å². The molecule has 0 unspecified atom stereocenters. The Balaban J connectivity index is 1.64. The molecule has 0 spiro atoms. The molecule has 0 N–H and O–H groups in total. The van der Waals surface area contributed by atoms with E-state index in [0.717, 1.165) is 19.7 Å². The summed E-state index contributed by atoms with van der Waals surface area (Å²) in [6.07, 6.45) is 0. The van der Waals surface area contributed by atoms with Gasteiger partial charge < -0.3 is 4.74 Å². The number of ether oxygens (including phenoxy) is 1. The smallest absolute Gasteiger partial charge is 0.0717 e. The zero-order valence-electron chi connectivity index (χ0n) is 12.4. The van der Waals surface area contributed by atoms with Crippen LogP contribution in [0.4, 0.5) is 0 Å². The van der Waals surface area contributed by atoms with E-state index in [1.165, 1.54) is 16.7 Å². The Morgan fingerprint density at radius 3 is 2.30 bits per heavy atom. The Bertz CT molecular complexity index is 493. The fourth-order valence-electron chi connectivity index (χ4n) is 2.07. The first-order valence-corrected chi connectivity index (χ1v) is 7.10. The predicted molar refractivity (Wildman–Crippen MR) is 83.6 cm³/mol. The maximum absolute atomic E-state index is 5.73. The van der Waals surface area contributed by atoms with Gasteiger partial charge in [0.05, 0.1) is 13.2 Å². The first-order chi connectivity index (χ1) is 9.74. The van der Waals surface area contributed by atoms with Crippen LogP contribution in [0, 0.1) is 6.92 Å². The van der Waals surface area contributed by atoms with Crippen molar-refractivity contribution in [1.82, 2.24) is 4.90 Å². The lowest BCUT2D eigenvalue weighted by molar-refractivity contribution is 0.0980. The van der Waals surface area contributed by atoms with Crippen LogP contribution < -0.4 is 0 Å². The first-order valence-electron chi connectivity index (χ1n) is 7.10. The van der Waals surface area contributed by atoms with E-state index >= 15 is 0 Å². The maximum atomic E-state index is 5.73. The van der Waals surface area contributed by atoms with E-state index in [1.54, 1.807) is 0 Å². The van der Waals surface area contributed by atoms with E-state index < -0.39 is 0 Å². The van der Waals surface area contributed by atoms with Gasteiger partial charge in [0.15, 0.2) is 0 Å². The van der Waals surface area contributed by atoms with Crippen molar-refractivity contribution in [2.24, 2.45) is 0 Å². The number of hydrogen-bond acceptors (Lipinski definition) is 2. The molecule has 0 atom stereocenters. The molecule has 0 aliphatic rings. The van der Waals surface area contributed by atoms with Crippen molar-refractivity contribution in [3.05, 3.63) is 71.3 Å². The average molecular weight is 269 g/mol. The van der Waals surface area contributed by atoms with Crippen LogP contribution in [0.25, 0.3) is 0 Å². The van der Waals surface area contributed by atoms with Gasteiger partial charge in [-0.15, -0.1) is 0 Å². The molecule has 0 bridgehead atoms. The normalized spacial score (nSPS) is 10.9. The van der Waals surface area contributed by atoms with Gasteiger partial charge in [0.1, 0.15) is 0 Å². The maximum Gasteiger partial charge on any atom is 0.0717 e. The summed E-state index contributed by atoms with van der Waals surface area (Å²) in [5, 5.41) is 0. The molecule has 0 fully saturated rings. The third-order valence-electron chi connectivity index (χ3n) is 3.30. The second-order valence-corrected chi connectivity index (χ2v) is 5.26. The summed E-state index contributed by atoms with van der Waals surface area (Å²) in [4.78, 5) is 2.28. The van der Waals surface area contributed by atoms with Crippen molar-refractivity contribution in [3.63, 3.8) is 0 Å². The second-order valence-electron chi connectivity index (χ2n) is 5.26. The number of hydrogen-bond donors (Lipinski definition) is 0. The minimum atomic E-state index is 0.694. The molecule has 0 amide bonds. The minimum Gasteiger partial charge on any atom is -0.375 e. The highest BCUT2D eigenvalue weighted by molar-refractivity contribution is 5.20. The number of likely N-dealkylation sites (N-methyl/N-ethyl adjacent to an activating group) is 1. The molecule has 0 heterocycles. The van der Waals surface area contributed by atoms with Crippen LogP contribution >= 0.6 is 0 Å². The lowest BCUT2D eigenvalue weighted by Crippen LogP contribution is -2.22. The van der Waals surface area contributed by atoms with Crippen LogP contribution in [0.15, 0.2) is 54.6 Å². The van der Waals surface area contributed by atoms with E-state index in [2.05, 4.69) is 67.4 Å². The molecule has 2 aromatic carbocycles. The molecular weight excluding hydrogens is 246 g/mol. The van der Waals surface area contributed by atoms with Gasteiger partial charge >= 0.3 is 0 Å². The van der Waals surface area contributed by atoms with Crippen LogP contribution in [0.5, 0.6) is 0 Å². The molecule has 0 aliphatic heterocycles. The van der Waals surface area contributed by atoms with Crippen LogP contribution in [-0.2, 0) is 17.9 Å². The van der Waals surface area contributed by atoms with E-state index in [1.807, 2.05) is 6.07 Å². The summed E-state index contributed by atoms with van der Waals surface area (Å²) in [5.74, 6) is 0. The monoisotopic (exact) mass is 269 g/mol. The zero-order chi connectivity index (χ0) is 14.2. The highest BCUT2D eigenvalue weighted by atomic mass is 16.5. The topological polar surface area (TPSA) is 12.5 Å². The molecule has 2 rings (SSSR count). The lowest BCUT2D eigenvalue weighted by atomic mass is 10.2. The predicted octanol–water partition coefficient (Wildman–Crippen LogP) is 3.64. The summed E-state index contributed by atoms with van der Waals surface area (Å²) >= 11 is 0. The highest BCUT2D eigenvalue weighted by Crippen LogP contribution is 2.05. The van der Waals surface area contributed by atoms with E-state index in [4.69, 9.17) is 4.74 Å². The molecule has 106 valence electrons. The largest absolute Gasteiger partial charge is 0.375 e. The third kappa shape index (κ3) is 5.16. The van der Waals surface area contributed by atoms with Gasteiger partial charge in [-0.25, -0.2) is 0 Å². The lowest BCUT2D eigenvalue weighted by Gasteiger charge is -2.16. The van der Waals surface area contributed by atoms with E-state index in [9.17, 15) is 0 Å². The van der Waals surface area contributed by atoms with Crippen molar-refractivity contribution < 1.29 is 4.74 Å². The fraction of sp³-hybridized carbons (Fsp3) is 0.333. The summed E-state index contributed by atoms with van der Waals surface area (Å²) in [7, 11) is 2.13. The highest BCUT2D eigenvalue weighted by Gasteiger charge is 2.00.